The van der Waals surface area contributed by atoms with Crippen molar-refractivity contribution in [1.29, 1.82) is 0 Å². The first-order valence-corrected chi connectivity index (χ1v) is 5.92. The van der Waals surface area contributed by atoms with Crippen LogP contribution in [0.2, 0.25) is 15.1 Å². The van der Waals surface area contributed by atoms with E-state index >= 15 is 0 Å². The molecule has 3 heteroatoms. The first kappa shape index (κ1) is 11.8. The predicted molar refractivity (Wildman–Crippen MR) is 71.6 cm³/mol. The van der Waals surface area contributed by atoms with Crippen LogP contribution in [0, 0.1) is 6.92 Å². The van der Waals surface area contributed by atoms with Gasteiger partial charge in [0.2, 0.25) is 0 Å². The van der Waals surface area contributed by atoms with Gasteiger partial charge in [-0.2, -0.15) is 0 Å². The average molecular weight is 272 g/mol. The molecule has 0 spiro atoms. The number of hydrogen-bond donors (Lipinski definition) is 0. The van der Waals surface area contributed by atoms with E-state index in [2.05, 4.69) is 0 Å². The van der Waals surface area contributed by atoms with Crippen LogP contribution in [0.15, 0.2) is 36.4 Å². The second-order valence-corrected chi connectivity index (χ2v) is 4.92. The van der Waals surface area contributed by atoms with Gasteiger partial charge in [-0.05, 0) is 42.8 Å². The van der Waals surface area contributed by atoms with Crippen molar-refractivity contribution in [2.75, 3.05) is 0 Å². The van der Waals surface area contributed by atoms with Gasteiger partial charge in [0, 0.05) is 20.6 Å². The van der Waals surface area contributed by atoms with Gasteiger partial charge in [-0.25, -0.2) is 0 Å². The summed E-state index contributed by atoms with van der Waals surface area (Å²) in [6.45, 7) is 2.02. The molecule has 2 rings (SSSR count). The van der Waals surface area contributed by atoms with E-state index in [1.807, 2.05) is 37.3 Å². The lowest BCUT2D eigenvalue weighted by molar-refractivity contribution is 1.47. The zero-order chi connectivity index (χ0) is 11.7. The lowest BCUT2D eigenvalue weighted by Gasteiger charge is -2.07. The van der Waals surface area contributed by atoms with E-state index in [0.29, 0.717) is 15.1 Å². The summed E-state index contributed by atoms with van der Waals surface area (Å²) in [5.74, 6) is 0. The minimum atomic E-state index is 0.611. The number of halogens is 3. The van der Waals surface area contributed by atoms with E-state index in [0.717, 1.165) is 16.7 Å². The molecule has 2 aromatic carbocycles. The fourth-order valence-electron chi connectivity index (χ4n) is 1.57. The predicted octanol–water partition coefficient (Wildman–Crippen LogP) is 5.62. The fourth-order valence-corrected chi connectivity index (χ4v) is 2.32. The summed E-state index contributed by atoms with van der Waals surface area (Å²) in [6.07, 6.45) is 0. The van der Waals surface area contributed by atoms with Gasteiger partial charge >= 0.3 is 0 Å². The lowest BCUT2D eigenvalue weighted by atomic mass is 10.0. The van der Waals surface area contributed by atoms with Crippen molar-refractivity contribution in [2.45, 2.75) is 6.92 Å². The molecule has 0 radical (unpaired) electrons. The molecule has 2 aromatic rings. The summed E-state index contributed by atoms with van der Waals surface area (Å²) in [5, 5.41) is 1.92. The molecule has 0 nitrogen and oxygen atoms in total. The van der Waals surface area contributed by atoms with Gasteiger partial charge in [0.15, 0.2) is 0 Å². The summed E-state index contributed by atoms with van der Waals surface area (Å²) >= 11 is 18.1. The molecule has 0 aliphatic heterocycles. The third-order valence-electron chi connectivity index (χ3n) is 2.30. The molecular formula is C13H9Cl3. The minimum absolute atomic E-state index is 0.611. The molecule has 0 heterocycles. The molecule has 82 valence electrons. The Morgan fingerprint density at radius 3 is 2.06 bits per heavy atom. The van der Waals surface area contributed by atoms with Gasteiger partial charge in [-0.15, -0.1) is 0 Å². The van der Waals surface area contributed by atoms with Gasteiger partial charge in [-0.3, -0.25) is 0 Å². The van der Waals surface area contributed by atoms with Crippen LogP contribution in [0.25, 0.3) is 11.1 Å². The topological polar surface area (TPSA) is 0 Å². The summed E-state index contributed by atoms with van der Waals surface area (Å²) in [4.78, 5) is 0. The Balaban J connectivity index is 2.62. The Morgan fingerprint density at radius 1 is 0.812 bits per heavy atom. The monoisotopic (exact) mass is 270 g/mol. The first-order chi connectivity index (χ1) is 7.56. The van der Waals surface area contributed by atoms with Crippen molar-refractivity contribution < 1.29 is 0 Å². The number of benzene rings is 2. The summed E-state index contributed by atoms with van der Waals surface area (Å²) in [6, 6.07) is 11.3. The summed E-state index contributed by atoms with van der Waals surface area (Å²) < 4.78 is 0. The third-order valence-corrected chi connectivity index (χ3v) is 3.06. The number of rotatable bonds is 1. The van der Waals surface area contributed by atoms with Crippen LogP contribution in [-0.4, -0.2) is 0 Å². The Kier molecular flexibility index (Phi) is 3.44. The number of hydrogen-bond acceptors (Lipinski definition) is 0. The largest absolute Gasteiger partial charge is 0.0843 e. The maximum absolute atomic E-state index is 6.15. The van der Waals surface area contributed by atoms with E-state index in [9.17, 15) is 0 Å². The van der Waals surface area contributed by atoms with Gasteiger partial charge in [0.25, 0.3) is 0 Å². The van der Waals surface area contributed by atoms with Crippen LogP contribution < -0.4 is 0 Å². The maximum Gasteiger partial charge on any atom is 0.0484 e. The van der Waals surface area contributed by atoms with Crippen molar-refractivity contribution in [1.82, 2.24) is 0 Å². The standard InChI is InChI=1S/C13H9Cl3/c1-8-2-3-13(16)12(4-8)9-5-10(14)7-11(15)6-9/h2-7H,1H3. The molecule has 0 saturated heterocycles. The molecule has 0 atom stereocenters. The van der Waals surface area contributed by atoms with Gasteiger partial charge < -0.3 is 0 Å². The van der Waals surface area contributed by atoms with Gasteiger partial charge in [0.1, 0.15) is 0 Å². The highest BCUT2D eigenvalue weighted by Gasteiger charge is 2.05. The Morgan fingerprint density at radius 2 is 1.44 bits per heavy atom. The van der Waals surface area contributed by atoms with Crippen molar-refractivity contribution in [3.8, 4) is 11.1 Å². The van der Waals surface area contributed by atoms with E-state index < -0.39 is 0 Å². The SMILES string of the molecule is Cc1ccc(Cl)c(-c2cc(Cl)cc(Cl)c2)c1. The maximum atomic E-state index is 6.15. The van der Waals surface area contributed by atoms with Crippen molar-refractivity contribution in [3.63, 3.8) is 0 Å². The number of aryl methyl sites for hydroxylation is 1. The van der Waals surface area contributed by atoms with Crippen molar-refractivity contribution >= 4 is 34.8 Å². The molecule has 0 fully saturated rings. The quantitative estimate of drug-likeness (QED) is 0.631. The van der Waals surface area contributed by atoms with Crippen LogP contribution >= 0.6 is 34.8 Å². The summed E-state index contributed by atoms with van der Waals surface area (Å²) in [5.41, 5.74) is 3.03. The Bertz CT molecular complexity index is 512. The molecule has 0 saturated carbocycles. The zero-order valence-corrected chi connectivity index (χ0v) is 10.9. The Hall–Kier alpha value is -0.690. The first-order valence-electron chi connectivity index (χ1n) is 4.79. The van der Waals surface area contributed by atoms with E-state index in [4.69, 9.17) is 34.8 Å². The highest BCUT2D eigenvalue weighted by atomic mass is 35.5. The van der Waals surface area contributed by atoms with Gasteiger partial charge in [0.05, 0.1) is 0 Å². The molecule has 0 N–H and O–H groups in total. The van der Waals surface area contributed by atoms with E-state index in [1.165, 1.54) is 0 Å². The van der Waals surface area contributed by atoms with Crippen molar-refractivity contribution in [3.05, 3.63) is 57.0 Å². The normalized spacial score (nSPS) is 10.5. The molecule has 0 unspecified atom stereocenters. The highest BCUT2D eigenvalue weighted by molar-refractivity contribution is 6.36. The van der Waals surface area contributed by atoms with E-state index in [-0.39, 0.29) is 0 Å². The molecule has 0 aliphatic carbocycles. The van der Waals surface area contributed by atoms with Crippen LogP contribution in [0.1, 0.15) is 5.56 Å². The second kappa shape index (κ2) is 4.67. The molecule has 16 heavy (non-hydrogen) atoms. The smallest absolute Gasteiger partial charge is 0.0484 e. The molecule has 0 amide bonds. The van der Waals surface area contributed by atoms with Crippen LogP contribution in [-0.2, 0) is 0 Å². The third kappa shape index (κ3) is 2.52. The van der Waals surface area contributed by atoms with Crippen LogP contribution in [0.4, 0.5) is 0 Å². The highest BCUT2D eigenvalue weighted by Crippen LogP contribution is 2.32. The molecule has 0 aliphatic rings. The Labute approximate surface area is 110 Å². The van der Waals surface area contributed by atoms with Gasteiger partial charge in [-0.1, -0.05) is 46.4 Å². The molecule has 0 bridgehead atoms. The zero-order valence-electron chi connectivity index (χ0n) is 8.60. The molecular weight excluding hydrogens is 263 g/mol. The average Bonchev–Trinajstić information content (AvgIpc) is 2.20. The second-order valence-electron chi connectivity index (χ2n) is 3.64. The minimum Gasteiger partial charge on any atom is -0.0843 e. The van der Waals surface area contributed by atoms with E-state index in [1.54, 1.807) is 6.07 Å². The van der Waals surface area contributed by atoms with Crippen molar-refractivity contribution in [2.24, 2.45) is 0 Å². The van der Waals surface area contributed by atoms with Crippen LogP contribution in [0.5, 0.6) is 0 Å². The lowest BCUT2D eigenvalue weighted by Crippen LogP contribution is -1.82. The summed E-state index contributed by atoms with van der Waals surface area (Å²) in [7, 11) is 0. The molecule has 0 aromatic heterocycles. The van der Waals surface area contributed by atoms with Crippen LogP contribution in [0.3, 0.4) is 0 Å². The fraction of sp³-hybridized carbons (Fsp3) is 0.0769.